The molecule has 116 valence electrons. The molecule has 3 heterocycles. The predicted octanol–water partition coefficient (Wildman–Crippen LogP) is 1.79. The largest absolute Gasteiger partial charge is 0.472 e. The normalized spacial score (nSPS) is 24.9. The summed E-state index contributed by atoms with van der Waals surface area (Å²) in [4.78, 5) is 14.8. The van der Waals surface area contributed by atoms with Crippen molar-refractivity contribution in [3.8, 4) is 0 Å². The Morgan fingerprint density at radius 2 is 2.19 bits per heavy atom. The summed E-state index contributed by atoms with van der Waals surface area (Å²) in [5, 5.41) is 3.03. The maximum atomic E-state index is 12.3. The van der Waals surface area contributed by atoms with Crippen molar-refractivity contribution in [3.63, 3.8) is 0 Å². The number of ether oxygens (including phenoxy) is 1. The predicted molar refractivity (Wildman–Crippen MR) is 78.7 cm³/mol. The van der Waals surface area contributed by atoms with E-state index in [9.17, 15) is 4.79 Å². The first-order valence-corrected chi connectivity index (χ1v) is 7.93. The molecular weight excluding hydrogens is 268 g/mol. The first-order chi connectivity index (χ1) is 10.3. The fraction of sp³-hybridized carbons (Fsp3) is 0.688. The molecule has 1 N–H and O–H groups in total. The number of carbonyl (C=O) groups excluding carboxylic acids is 1. The Morgan fingerprint density at radius 1 is 1.33 bits per heavy atom. The Bertz CT molecular complexity index is 440. The van der Waals surface area contributed by atoms with Gasteiger partial charge in [-0.3, -0.25) is 9.69 Å². The highest BCUT2D eigenvalue weighted by atomic mass is 16.5. The molecule has 0 radical (unpaired) electrons. The number of hydrogen-bond donors (Lipinski definition) is 1. The van der Waals surface area contributed by atoms with Crippen LogP contribution in [0.1, 0.15) is 31.2 Å². The number of furan rings is 1. The highest BCUT2D eigenvalue weighted by Crippen LogP contribution is 2.23. The molecule has 0 saturated carbocycles. The zero-order valence-electron chi connectivity index (χ0n) is 12.4. The minimum Gasteiger partial charge on any atom is -0.472 e. The molecule has 0 aliphatic carbocycles. The third-order valence-corrected chi connectivity index (χ3v) is 4.58. The van der Waals surface area contributed by atoms with Crippen molar-refractivity contribution in [1.29, 1.82) is 0 Å². The fourth-order valence-corrected chi connectivity index (χ4v) is 3.33. The fourth-order valence-electron chi connectivity index (χ4n) is 3.33. The lowest BCUT2D eigenvalue weighted by Gasteiger charge is -2.39. The third-order valence-electron chi connectivity index (χ3n) is 4.58. The van der Waals surface area contributed by atoms with Gasteiger partial charge in [-0.05, 0) is 38.3 Å². The van der Waals surface area contributed by atoms with Crippen LogP contribution in [-0.4, -0.2) is 43.2 Å². The van der Waals surface area contributed by atoms with Gasteiger partial charge in [-0.15, -0.1) is 0 Å². The molecule has 0 bridgehead atoms. The summed E-state index contributed by atoms with van der Waals surface area (Å²) in [6.45, 7) is 4.29. The van der Waals surface area contributed by atoms with Gasteiger partial charge in [0.25, 0.3) is 0 Å². The van der Waals surface area contributed by atoms with Crippen molar-refractivity contribution in [2.24, 2.45) is 5.92 Å². The molecule has 3 rings (SSSR count). The Labute approximate surface area is 125 Å². The lowest BCUT2D eigenvalue weighted by Crippen LogP contribution is -2.48. The van der Waals surface area contributed by atoms with E-state index in [-0.39, 0.29) is 11.8 Å². The van der Waals surface area contributed by atoms with E-state index in [0.717, 1.165) is 57.6 Å². The molecule has 21 heavy (non-hydrogen) atoms. The highest BCUT2D eigenvalue weighted by Gasteiger charge is 2.30. The molecule has 2 saturated heterocycles. The number of piperidine rings is 1. The van der Waals surface area contributed by atoms with Crippen LogP contribution < -0.4 is 5.32 Å². The van der Waals surface area contributed by atoms with Crippen LogP contribution in [0.15, 0.2) is 23.0 Å². The zero-order chi connectivity index (χ0) is 14.5. The summed E-state index contributed by atoms with van der Waals surface area (Å²) >= 11 is 0. The molecule has 5 heteroatoms. The van der Waals surface area contributed by atoms with Gasteiger partial charge in [0, 0.05) is 37.9 Å². The monoisotopic (exact) mass is 292 g/mol. The Hall–Kier alpha value is -1.33. The number of hydrogen-bond acceptors (Lipinski definition) is 4. The average molecular weight is 292 g/mol. The van der Waals surface area contributed by atoms with E-state index in [0.29, 0.717) is 12.6 Å². The molecule has 0 spiro atoms. The standard InChI is InChI=1S/C16H24N2O3/c19-16(17-10-13-3-7-21-12-13)14-2-1-6-18(11-14)15-4-8-20-9-5-15/h3,7,12,14-15H,1-2,4-6,8-11H2,(H,17,19)/t14-/m1/s1. The zero-order valence-corrected chi connectivity index (χ0v) is 12.4. The van der Waals surface area contributed by atoms with Crippen LogP contribution in [0.4, 0.5) is 0 Å². The summed E-state index contributed by atoms with van der Waals surface area (Å²) in [5.74, 6) is 0.293. The van der Waals surface area contributed by atoms with Crippen LogP contribution in [-0.2, 0) is 16.1 Å². The van der Waals surface area contributed by atoms with Gasteiger partial charge in [-0.25, -0.2) is 0 Å². The van der Waals surface area contributed by atoms with Crippen molar-refractivity contribution < 1.29 is 13.9 Å². The average Bonchev–Trinajstić information content (AvgIpc) is 3.07. The van der Waals surface area contributed by atoms with E-state index >= 15 is 0 Å². The van der Waals surface area contributed by atoms with Gasteiger partial charge in [0.05, 0.1) is 18.4 Å². The molecule has 5 nitrogen and oxygen atoms in total. The van der Waals surface area contributed by atoms with Crippen LogP contribution in [0.5, 0.6) is 0 Å². The summed E-state index contributed by atoms with van der Waals surface area (Å²) in [6.07, 6.45) is 7.62. The van der Waals surface area contributed by atoms with Crippen molar-refractivity contribution in [1.82, 2.24) is 10.2 Å². The molecule has 2 fully saturated rings. The summed E-state index contributed by atoms with van der Waals surface area (Å²) < 4.78 is 10.4. The molecule has 1 aromatic heterocycles. The van der Waals surface area contributed by atoms with Gasteiger partial charge in [-0.1, -0.05) is 0 Å². The van der Waals surface area contributed by atoms with E-state index in [2.05, 4.69) is 10.2 Å². The summed E-state index contributed by atoms with van der Waals surface area (Å²) in [7, 11) is 0. The quantitative estimate of drug-likeness (QED) is 0.919. The van der Waals surface area contributed by atoms with Crippen LogP contribution >= 0.6 is 0 Å². The molecule has 2 aliphatic rings. The van der Waals surface area contributed by atoms with Crippen LogP contribution in [0.3, 0.4) is 0 Å². The van der Waals surface area contributed by atoms with Gasteiger partial charge in [-0.2, -0.15) is 0 Å². The Kier molecular flexibility index (Phi) is 4.93. The third kappa shape index (κ3) is 3.86. The summed E-state index contributed by atoms with van der Waals surface area (Å²) in [5.41, 5.74) is 1.01. The lowest BCUT2D eigenvalue weighted by molar-refractivity contribution is -0.127. The number of rotatable bonds is 4. The SMILES string of the molecule is O=C(NCc1ccoc1)[C@@H]1CCCN(C2CCOCC2)C1. The number of carbonyl (C=O) groups is 1. The molecule has 2 aliphatic heterocycles. The highest BCUT2D eigenvalue weighted by molar-refractivity contribution is 5.78. The van der Waals surface area contributed by atoms with E-state index in [1.165, 1.54) is 0 Å². The maximum absolute atomic E-state index is 12.3. The number of likely N-dealkylation sites (tertiary alicyclic amines) is 1. The van der Waals surface area contributed by atoms with Gasteiger partial charge in [0.2, 0.25) is 5.91 Å². The molecule has 0 aromatic carbocycles. The summed E-state index contributed by atoms with van der Waals surface area (Å²) in [6, 6.07) is 2.48. The maximum Gasteiger partial charge on any atom is 0.224 e. The van der Waals surface area contributed by atoms with E-state index in [4.69, 9.17) is 9.15 Å². The minimum atomic E-state index is 0.119. The molecule has 1 atom stereocenters. The Morgan fingerprint density at radius 3 is 2.95 bits per heavy atom. The van der Waals surface area contributed by atoms with Crippen molar-refractivity contribution in [2.75, 3.05) is 26.3 Å². The van der Waals surface area contributed by atoms with Crippen molar-refractivity contribution in [2.45, 2.75) is 38.3 Å². The molecular formula is C16H24N2O3. The first-order valence-electron chi connectivity index (χ1n) is 7.93. The molecule has 0 unspecified atom stereocenters. The topological polar surface area (TPSA) is 54.7 Å². The van der Waals surface area contributed by atoms with Crippen LogP contribution in [0, 0.1) is 5.92 Å². The number of amides is 1. The second-order valence-electron chi connectivity index (χ2n) is 6.03. The van der Waals surface area contributed by atoms with Crippen molar-refractivity contribution in [3.05, 3.63) is 24.2 Å². The number of nitrogens with one attached hydrogen (secondary N) is 1. The van der Waals surface area contributed by atoms with E-state index in [1.54, 1.807) is 12.5 Å². The Balaban J connectivity index is 1.49. The second-order valence-corrected chi connectivity index (χ2v) is 6.03. The second kappa shape index (κ2) is 7.09. The smallest absolute Gasteiger partial charge is 0.224 e. The molecule has 1 aromatic rings. The van der Waals surface area contributed by atoms with E-state index < -0.39 is 0 Å². The van der Waals surface area contributed by atoms with Gasteiger partial charge >= 0.3 is 0 Å². The van der Waals surface area contributed by atoms with E-state index in [1.807, 2.05) is 6.07 Å². The number of nitrogens with zero attached hydrogens (tertiary/aromatic N) is 1. The minimum absolute atomic E-state index is 0.119. The van der Waals surface area contributed by atoms with Crippen molar-refractivity contribution >= 4 is 5.91 Å². The van der Waals surface area contributed by atoms with Gasteiger partial charge < -0.3 is 14.5 Å². The van der Waals surface area contributed by atoms with Crippen LogP contribution in [0.25, 0.3) is 0 Å². The lowest BCUT2D eigenvalue weighted by atomic mass is 9.94. The van der Waals surface area contributed by atoms with Gasteiger partial charge in [0.15, 0.2) is 0 Å². The van der Waals surface area contributed by atoms with Gasteiger partial charge in [0.1, 0.15) is 0 Å². The first kappa shape index (κ1) is 14.6. The van der Waals surface area contributed by atoms with Crippen LogP contribution in [0.2, 0.25) is 0 Å². The molecule has 1 amide bonds.